The monoisotopic (exact) mass is 764 g/mol. The van der Waals surface area contributed by atoms with Gasteiger partial charge in [0.1, 0.15) is 23.7 Å². The molecule has 13 heteroatoms. The van der Waals surface area contributed by atoms with Gasteiger partial charge < -0.3 is 8.83 Å². The second-order valence-corrected chi connectivity index (χ2v) is 16.7. The van der Waals surface area contributed by atoms with Gasteiger partial charge in [0.05, 0.1) is 43.8 Å². The standard InChI is InChI=1S/C21H23NO4S.C11H10INO4S/c1-21(2,3)15-8-6-14(7-9-15)18-13-26-19-12-16(22(4)27(5,24)25)10-11-17(19)20(18)23;1-13(18(2,15)16)7-3-4-8-10(5-7)17-6-9(12)11(8)14/h6-13H,1-5H3;3-6H,1-2H3. The fraction of sp³-hybridized carbons (Fsp3) is 0.250. The van der Waals surface area contributed by atoms with Crippen molar-refractivity contribution >= 4 is 76.0 Å². The second-order valence-electron chi connectivity index (χ2n) is 11.5. The van der Waals surface area contributed by atoms with E-state index in [0.717, 1.165) is 26.7 Å². The van der Waals surface area contributed by atoms with Gasteiger partial charge in [0, 0.05) is 26.2 Å². The van der Waals surface area contributed by atoms with E-state index in [2.05, 4.69) is 20.8 Å². The van der Waals surface area contributed by atoms with Crippen LogP contribution in [0.4, 0.5) is 11.4 Å². The van der Waals surface area contributed by atoms with Crippen molar-refractivity contribution in [1.82, 2.24) is 0 Å². The number of hydrogen-bond donors (Lipinski definition) is 0. The molecule has 0 spiro atoms. The topological polar surface area (TPSA) is 135 Å². The van der Waals surface area contributed by atoms with Gasteiger partial charge in [-0.15, -0.1) is 0 Å². The zero-order chi connectivity index (χ0) is 33.5. The quantitative estimate of drug-likeness (QED) is 0.201. The molecule has 0 aliphatic rings. The van der Waals surface area contributed by atoms with Gasteiger partial charge in [-0.2, -0.15) is 0 Å². The Kier molecular flexibility index (Phi) is 9.57. The molecule has 0 saturated heterocycles. The number of benzene rings is 3. The molecule has 0 bridgehead atoms. The average Bonchev–Trinajstić information content (AvgIpc) is 2.97. The summed E-state index contributed by atoms with van der Waals surface area (Å²) in [6, 6.07) is 17.3. The summed E-state index contributed by atoms with van der Waals surface area (Å²) in [4.78, 5) is 24.7. The summed E-state index contributed by atoms with van der Waals surface area (Å²) in [6.07, 6.45) is 5.02. The van der Waals surface area contributed by atoms with Gasteiger partial charge in [0.25, 0.3) is 0 Å². The van der Waals surface area contributed by atoms with E-state index in [9.17, 15) is 26.4 Å². The molecule has 0 atom stereocenters. The summed E-state index contributed by atoms with van der Waals surface area (Å²) in [5.41, 5.74) is 3.84. The van der Waals surface area contributed by atoms with E-state index in [1.165, 1.54) is 38.3 Å². The van der Waals surface area contributed by atoms with Gasteiger partial charge in [-0.1, -0.05) is 45.0 Å². The molecule has 0 N–H and O–H groups in total. The van der Waals surface area contributed by atoms with Crippen molar-refractivity contribution in [2.24, 2.45) is 0 Å². The highest BCUT2D eigenvalue weighted by molar-refractivity contribution is 14.1. The summed E-state index contributed by atoms with van der Waals surface area (Å²) >= 11 is 1.89. The highest BCUT2D eigenvalue weighted by atomic mass is 127. The number of fused-ring (bicyclic) bond motifs is 2. The normalized spacial score (nSPS) is 12.1. The van der Waals surface area contributed by atoms with Crippen LogP contribution in [0.25, 0.3) is 33.1 Å². The maximum absolute atomic E-state index is 12.9. The van der Waals surface area contributed by atoms with Crippen LogP contribution in [0.5, 0.6) is 0 Å². The molecule has 10 nitrogen and oxygen atoms in total. The predicted octanol–water partition coefficient (Wildman–Crippen LogP) is 5.95. The Morgan fingerprint density at radius 3 is 1.56 bits per heavy atom. The minimum Gasteiger partial charge on any atom is -0.463 e. The fourth-order valence-electron chi connectivity index (χ4n) is 4.33. The van der Waals surface area contributed by atoms with Crippen LogP contribution in [-0.4, -0.2) is 43.4 Å². The molecule has 3 aromatic carbocycles. The lowest BCUT2D eigenvalue weighted by Crippen LogP contribution is -2.24. The third-order valence-corrected chi connectivity index (χ3v) is 10.4. The van der Waals surface area contributed by atoms with Gasteiger partial charge in [-0.25, -0.2) is 16.8 Å². The first-order chi connectivity index (χ1) is 20.8. The molecule has 0 fully saturated rings. The summed E-state index contributed by atoms with van der Waals surface area (Å²) in [5, 5.41) is 0.852. The van der Waals surface area contributed by atoms with Gasteiger partial charge >= 0.3 is 0 Å². The molecule has 0 aliphatic heterocycles. The summed E-state index contributed by atoms with van der Waals surface area (Å²) in [5.74, 6) is 0. The third-order valence-electron chi connectivity index (χ3n) is 7.26. The van der Waals surface area contributed by atoms with Crippen LogP contribution in [0.1, 0.15) is 26.3 Å². The molecule has 0 aliphatic carbocycles. The Morgan fingerprint density at radius 2 is 1.11 bits per heavy atom. The Bertz CT molecular complexity index is 2240. The molecule has 238 valence electrons. The van der Waals surface area contributed by atoms with Gasteiger partial charge in [0.15, 0.2) is 5.43 Å². The molecule has 0 radical (unpaired) electrons. The molecular formula is C32H33IN2O8S2. The van der Waals surface area contributed by atoms with Crippen LogP contribution in [0.3, 0.4) is 0 Å². The second kappa shape index (κ2) is 12.6. The van der Waals surface area contributed by atoms with Crippen molar-refractivity contribution in [3.05, 3.63) is 103 Å². The van der Waals surface area contributed by atoms with E-state index in [-0.39, 0.29) is 16.3 Å². The highest BCUT2D eigenvalue weighted by Gasteiger charge is 2.17. The first-order valence-corrected chi connectivity index (χ1v) is 18.3. The molecule has 45 heavy (non-hydrogen) atoms. The van der Waals surface area contributed by atoms with Crippen LogP contribution >= 0.6 is 22.6 Å². The first-order valence-electron chi connectivity index (χ1n) is 13.5. The molecule has 2 heterocycles. The van der Waals surface area contributed by atoms with Gasteiger partial charge in [0.2, 0.25) is 25.5 Å². The largest absolute Gasteiger partial charge is 0.463 e. The summed E-state index contributed by atoms with van der Waals surface area (Å²) < 4.78 is 60.0. The van der Waals surface area contributed by atoms with Crippen molar-refractivity contribution in [1.29, 1.82) is 0 Å². The van der Waals surface area contributed by atoms with Gasteiger partial charge in [-0.05, 0) is 63.4 Å². The first kappa shape index (κ1) is 34.2. The zero-order valence-electron chi connectivity index (χ0n) is 25.8. The third kappa shape index (κ3) is 7.59. The maximum Gasteiger partial charge on any atom is 0.231 e. The van der Waals surface area contributed by atoms with Crippen LogP contribution in [-0.2, 0) is 25.5 Å². The molecule has 5 aromatic rings. The highest BCUT2D eigenvalue weighted by Crippen LogP contribution is 2.27. The van der Waals surface area contributed by atoms with Gasteiger partial charge in [-0.3, -0.25) is 18.2 Å². The molecule has 0 amide bonds. The van der Waals surface area contributed by atoms with Crippen molar-refractivity contribution in [3.63, 3.8) is 0 Å². The zero-order valence-corrected chi connectivity index (χ0v) is 29.6. The molecular weight excluding hydrogens is 731 g/mol. The van der Waals surface area contributed by atoms with E-state index in [1.54, 1.807) is 30.3 Å². The van der Waals surface area contributed by atoms with Crippen LogP contribution in [0, 0.1) is 3.57 Å². The predicted molar refractivity (Wildman–Crippen MR) is 188 cm³/mol. The van der Waals surface area contributed by atoms with Crippen LogP contribution in [0.15, 0.2) is 91.6 Å². The number of halogens is 1. The number of nitrogens with zero attached hydrogens (tertiary/aromatic N) is 2. The Hall–Kier alpha value is -3.69. The Morgan fingerprint density at radius 1 is 0.667 bits per heavy atom. The molecule has 5 rings (SSSR count). The number of hydrogen-bond acceptors (Lipinski definition) is 8. The van der Waals surface area contributed by atoms with E-state index in [1.807, 2.05) is 46.9 Å². The lowest BCUT2D eigenvalue weighted by Gasteiger charge is -2.19. The number of sulfonamides is 2. The van der Waals surface area contributed by atoms with E-state index >= 15 is 0 Å². The van der Waals surface area contributed by atoms with Crippen LogP contribution < -0.4 is 19.5 Å². The van der Waals surface area contributed by atoms with E-state index in [4.69, 9.17) is 8.83 Å². The van der Waals surface area contributed by atoms with Crippen molar-refractivity contribution < 1.29 is 25.7 Å². The van der Waals surface area contributed by atoms with E-state index in [0.29, 0.717) is 42.4 Å². The van der Waals surface area contributed by atoms with Crippen molar-refractivity contribution in [3.8, 4) is 11.1 Å². The van der Waals surface area contributed by atoms with E-state index < -0.39 is 20.0 Å². The van der Waals surface area contributed by atoms with Crippen molar-refractivity contribution in [2.75, 3.05) is 35.2 Å². The Balaban J connectivity index is 0.000000222. The lowest BCUT2D eigenvalue weighted by molar-refractivity contribution is 0.590. The van der Waals surface area contributed by atoms with Crippen LogP contribution in [0.2, 0.25) is 0 Å². The minimum absolute atomic E-state index is 0.0363. The lowest BCUT2D eigenvalue weighted by atomic mass is 9.86. The Labute approximate surface area is 275 Å². The number of anilines is 2. The maximum atomic E-state index is 12.9. The average molecular weight is 765 g/mol. The molecule has 0 saturated carbocycles. The minimum atomic E-state index is -3.39. The fourth-order valence-corrected chi connectivity index (χ4v) is 5.74. The van der Waals surface area contributed by atoms with Crippen molar-refractivity contribution in [2.45, 2.75) is 26.2 Å². The number of rotatable bonds is 5. The molecule has 2 aromatic heterocycles. The smallest absolute Gasteiger partial charge is 0.231 e. The summed E-state index contributed by atoms with van der Waals surface area (Å²) in [6.45, 7) is 6.41. The molecule has 0 unspecified atom stereocenters. The SMILES string of the molecule is CN(c1ccc2c(=O)c(-c3ccc(C(C)(C)C)cc3)coc2c1)S(C)(=O)=O.CN(c1ccc2c(=O)c(I)coc2c1)S(C)(=O)=O. The summed E-state index contributed by atoms with van der Waals surface area (Å²) in [7, 11) is -3.82.